The quantitative estimate of drug-likeness (QED) is 0.793. The first-order chi connectivity index (χ1) is 4.83. The van der Waals surface area contributed by atoms with Crippen LogP contribution in [0, 0.1) is 0 Å². The average Bonchev–Trinajstić information content (AvgIpc) is 1.88. The van der Waals surface area contributed by atoms with Crippen molar-refractivity contribution in [1.29, 1.82) is 0 Å². The van der Waals surface area contributed by atoms with Crippen molar-refractivity contribution >= 4 is 21.7 Å². The maximum Gasteiger partial charge on any atom is 0.126 e. The van der Waals surface area contributed by atoms with Crippen molar-refractivity contribution in [2.75, 3.05) is 11.9 Å². The molecule has 1 aromatic heterocycles. The van der Waals surface area contributed by atoms with Gasteiger partial charge in [-0.05, 0) is 19.1 Å². The summed E-state index contributed by atoms with van der Waals surface area (Å²) >= 11 is 3.35. The largest absolute Gasteiger partial charge is 0.370 e. The molecule has 1 rings (SSSR count). The van der Waals surface area contributed by atoms with Gasteiger partial charge in [0.05, 0.1) is 0 Å². The maximum atomic E-state index is 4.09. The van der Waals surface area contributed by atoms with Gasteiger partial charge in [0, 0.05) is 17.2 Å². The molecule has 54 valence electrons. The second-order valence-electron chi connectivity index (χ2n) is 1.89. The summed E-state index contributed by atoms with van der Waals surface area (Å²) in [7, 11) is 0. The molecule has 0 aliphatic rings. The second-order valence-corrected chi connectivity index (χ2v) is 2.81. The number of aromatic nitrogens is 1. The normalized spacial score (nSPS) is 9.40. The van der Waals surface area contributed by atoms with E-state index in [4.69, 9.17) is 0 Å². The molecule has 0 saturated heterocycles. The Hall–Kier alpha value is -0.570. The minimum Gasteiger partial charge on any atom is -0.370 e. The van der Waals surface area contributed by atoms with Crippen LogP contribution in [0.5, 0.6) is 0 Å². The third kappa shape index (κ3) is 1.99. The summed E-state index contributed by atoms with van der Waals surface area (Å²) < 4.78 is 1.05. The number of nitrogens with zero attached hydrogens (tertiary/aromatic N) is 1. The molecule has 0 bridgehead atoms. The lowest BCUT2D eigenvalue weighted by atomic mass is 10.4. The lowest BCUT2D eigenvalue weighted by molar-refractivity contribution is 1.16. The van der Waals surface area contributed by atoms with Gasteiger partial charge < -0.3 is 5.32 Å². The van der Waals surface area contributed by atoms with Crippen LogP contribution in [-0.4, -0.2) is 11.5 Å². The molecule has 0 aromatic carbocycles. The zero-order chi connectivity index (χ0) is 7.40. The van der Waals surface area contributed by atoms with E-state index in [1.54, 1.807) is 6.20 Å². The van der Waals surface area contributed by atoms with Crippen LogP contribution in [0.1, 0.15) is 6.92 Å². The van der Waals surface area contributed by atoms with Gasteiger partial charge in [0.1, 0.15) is 5.82 Å². The molecular weight excluding hydrogens is 192 g/mol. The molecule has 0 saturated carbocycles. The van der Waals surface area contributed by atoms with Crippen LogP contribution in [0.2, 0.25) is 0 Å². The molecule has 1 heterocycles. The van der Waals surface area contributed by atoms with Crippen LogP contribution in [0.25, 0.3) is 0 Å². The van der Waals surface area contributed by atoms with Crippen molar-refractivity contribution in [1.82, 2.24) is 4.98 Å². The zero-order valence-corrected chi connectivity index (χ0v) is 7.35. The number of anilines is 1. The minimum atomic E-state index is 0.906. The van der Waals surface area contributed by atoms with Crippen LogP contribution < -0.4 is 5.32 Å². The van der Waals surface area contributed by atoms with Crippen molar-refractivity contribution in [2.45, 2.75) is 6.92 Å². The van der Waals surface area contributed by atoms with Gasteiger partial charge in [-0.2, -0.15) is 0 Å². The third-order valence-electron chi connectivity index (χ3n) is 1.08. The summed E-state index contributed by atoms with van der Waals surface area (Å²) in [5.74, 6) is 0.914. The van der Waals surface area contributed by atoms with E-state index in [-0.39, 0.29) is 0 Å². The predicted molar refractivity (Wildman–Crippen MR) is 46.1 cm³/mol. The minimum absolute atomic E-state index is 0.906. The molecule has 0 amide bonds. The fourth-order valence-corrected chi connectivity index (χ4v) is 1.02. The van der Waals surface area contributed by atoms with Crippen LogP contribution in [0.3, 0.4) is 0 Å². The topological polar surface area (TPSA) is 24.9 Å². The van der Waals surface area contributed by atoms with E-state index in [0.29, 0.717) is 0 Å². The van der Waals surface area contributed by atoms with Gasteiger partial charge in [0.2, 0.25) is 0 Å². The average molecular weight is 201 g/mol. The summed E-state index contributed by atoms with van der Waals surface area (Å²) in [6.45, 7) is 2.95. The molecule has 3 heteroatoms. The summed E-state index contributed by atoms with van der Waals surface area (Å²) in [6.07, 6.45) is 1.77. The third-order valence-corrected chi connectivity index (χ3v) is 1.57. The van der Waals surface area contributed by atoms with Crippen molar-refractivity contribution in [3.63, 3.8) is 0 Å². The molecule has 0 fully saturated rings. The molecule has 0 spiro atoms. The highest BCUT2D eigenvalue weighted by Gasteiger charge is 1.89. The van der Waals surface area contributed by atoms with Crippen LogP contribution in [-0.2, 0) is 0 Å². The van der Waals surface area contributed by atoms with Gasteiger partial charge in [0.15, 0.2) is 0 Å². The highest BCUT2D eigenvalue weighted by molar-refractivity contribution is 9.10. The van der Waals surface area contributed by atoms with E-state index in [2.05, 4.69) is 26.2 Å². The van der Waals surface area contributed by atoms with Crippen molar-refractivity contribution in [2.24, 2.45) is 0 Å². The summed E-state index contributed by atoms with van der Waals surface area (Å²) in [5, 5.41) is 3.11. The Kier molecular flexibility index (Phi) is 2.68. The Bertz CT molecular complexity index is 213. The first kappa shape index (κ1) is 7.54. The summed E-state index contributed by atoms with van der Waals surface area (Å²) in [5.41, 5.74) is 0. The first-order valence-corrected chi connectivity index (χ1v) is 3.97. The number of rotatable bonds is 2. The molecule has 10 heavy (non-hydrogen) atoms. The molecule has 0 radical (unpaired) electrons. The number of hydrogen-bond acceptors (Lipinski definition) is 2. The fourth-order valence-electron chi connectivity index (χ4n) is 0.683. The summed E-state index contributed by atoms with van der Waals surface area (Å²) in [4.78, 5) is 4.09. The smallest absolute Gasteiger partial charge is 0.126 e. The van der Waals surface area contributed by atoms with Gasteiger partial charge in [-0.15, -0.1) is 0 Å². The molecule has 2 nitrogen and oxygen atoms in total. The van der Waals surface area contributed by atoms with Gasteiger partial charge >= 0.3 is 0 Å². The van der Waals surface area contributed by atoms with E-state index in [9.17, 15) is 0 Å². The van der Waals surface area contributed by atoms with Crippen LogP contribution >= 0.6 is 15.9 Å². The Balaban J connectivity index is 2.75. The molecule has 0 atom stereocenters. The second kappa shape index (κ2) is 3.56. The van der Waals surface area contributed by atoms with Gasteiger partial charge in [0.25, 0.3) is 0 Å². The molecule has 1 N–H and O–H groups in total. The highest BCUT2D eigenvalue weighted by atomic mass is 79.9. The molecule has 0 aliphatic carbocycles. The van der Waals surface area contributed by atoms with Crippen LogP contribution in [0.4, 0.5) is 5.82 Å². The molecule has 1 aromatic rings. The van der Waals surface area contributed by atoms with E-state index >= 15 is 0 Å². The molecule has 0 unspecified atom stereocenters. The van der Waals surface area contributed by atoms with E-state index < -0.39 is 0 Å². The van der Waals surface area contributed by atoms with Crippen molar-refractivity contribution in [3.8, 4) is 0 Å². The summed E-state index contributed by atoms with van der Waals surface area (Å²) in [6, 6.07) is 3.85. The predicted octanol–water partition coefficient (Wildman–Crippen LogP) is 2.28. The van der Waals surface area contributed by atoms with Crippen molar-refractivity contribution in [3.05, 3.63) is 22.8 Å². The maximum absolute atomic E-state index is 4.09. The number of nitrogens with one attached hydrogen (secondary N) is 1. The molecular formula is C7H9BrN2. The Morgan fingerprint density at radius 1 is 1.70 bits per heavy atom. The lowest BCUT2D eigenvalue weighted by Crippen LogP contribution is -1.97. The van der Waals surface area contributed by atoms with Gasteiger partial charge in [-0.3, -0.25) is 0 Å². The highest BCUT2D eigenvalue weighted by Crippen LogP contribution is 2.11. The monoisotopic (exact) mass is 200 g/mol. The number of pyridine rings is 1. The Labute approximate surface area is 68.8 Å². The van der Waals surface area contributed by atoms with E-state index in [1.807, 2.05) is 19.1 Å². The zero-order valence-electron chi connectivity index (χ0n) is 5.76. The Morgan fingerprint density at radius 3 is 3.10 bits per heavy atom. The standard InChI is InChI=1S/C7H9BrN2/c1-2-9-7-5-6(8)3-4-10-7/h3-5H,2H2,1H3,(H,9,10). The molecule has 0 aliphatic heterocycles. The lowest BCUT2D eigenvalue weighted by Gasteiger charge is -1.99. The fraction of sp³-hybridized carbons (Fsp3) is 0.286. The SMILES string of the molecule is CCNc1cc(Br)ccn1. The van der Waals surface area contributed by atoms with Crippen molar-refractivity contribution < 1.29 is 0 Å². The van der Waals surface area contributed by atoms with Crippen LogP contribution in [0.15, 0.2) is 22.8 Å². The number of halogens is 1. The van der Waals surface area contributed by atoms with E-state index in [0.717, 1.165) is 16.8 Å². The van der Waals surface area contributed by atoms with Gasteiger partial charge in [-0.25, -0.2) is 4.98 Å². The number of hydrogen-bond donors (Lipinski definition) is 1. The first-order valence-electron chi connectivity index (χ1n) is 3.18. The van der Waals surface area contributed by atoms with E-state index in [1.165, 1.54) is 0 Å². The Morgan fingerprint density at radius 2 is 2.50 bits per heavy atom. The van der Waals surface area contributed by atoms with Gasteiger partial charge in [-0.1, -0.05) is 15.9 Å².